The first-order chi connectivity index (χ1) is 9.42. The van der Waals surface area contributed by atoms with Crippen LogP contribution in [0.5, 0.6) is 5.75 Å². The highest BCUT2D eigenvalue weighted by atomic mass is 19.3. The first-order valence-electron chi connectivity index (χ1n) is 5.39. The molecular formula is C12H9F4NO3. The number of nitriles is 1. The first kappa shape index (κ1) is 15.8. The molecule has 0 atom stereocenters. The number of benzene rings is 1. The number of ether oxygens (including phenoxy) is 2. The van der Waals surface area contributed by atoms with Crippen molar-refractivity contribution >= 4 is 5.97 Å². The zero-order valence-electron chi connectivity index (χ0n) is 10.2. The Morgan fingerprint density at radius 3 is 2.45 bits per heavy atom. The average Bonchev–Trinajstić information content (AvgIpc) is 2.37. The van der Waals surface area contributed by atoms with Gasteiger partial charge in [-0.2, -0.15) is 14.0 Å². The van der Waals surface area contributed by atoms with E-state index in [2.05, 4.69) is 9.47 Å². The summed E-state index contributed by atoms with van der Waals surface area (Å²) in [6, 6.07) is 2.92. The molecule has 0 radical (unpaired) electrons. The highest BCUT2D eigenvalue weighted by Crippen LogP contribution is 2.32. The number of esters is 1. The predicted molar refractivity (Wildman–Crippen MR) is 58.7 cm³/mol. The Balaban J connectivity index is 3.48. The van der Waals surface area contributed by atoms with Gasteiger partial charge < -0.3 is 9.47 Å². The van der Waals surface area contributed by atoms with E-state index >= 15 is 0 Å². The molecule has 0 saturated heterocycles. The summed E-state index contributed by atoms with van der Waals surface area (Å²) in [5.74, 6) is -1.86. The molecule has 0 unspecified atom stereocenters. The van der Waals surface area contributed by atoms with Crippen LogP contribution in [0.2, 0.25) is 0 Å². The van der Waals surface area contributed by atoms with Crippen molar-refractivity contribution in [1.29, 1.82) is 5.26 Å². The number of hydrogen-bond donors (Lipinski definition) is 0. The van der Waals surface area contributed by atoms with Crippen LogP contribution in [-0.2, 0) is 4.74 Å². The van der Waals surface area contributed by atoms with Gasteiger partial charge in [0, 0.05) is 5.56 Å². The SMILES string of the molecule is CCOC(=O)c1c(OC(F)F)ccc(C(F)F)c1C#N. The summed E-state index contributed by atoms with van der Waals surface area (Å²) >= 11 is 0. The predicted octanol–water partition coefficient (Wildman–Crippen LogP) is 3.27. The van der Waals surface area contributed by atoms with E-state index in [1.54, 1.807) is 0 Å². The molecule has 8 heteroatoms. The van der Waals surface area contributed by atoms with E-state index in [0.29, 0.717) is 0 Å². The van der Waals surface area contributed by atoms with Crippen LogP contribution in [0.4, 0.5) is 17.6 Å². The Bertz CT molecular complexity index is 540. The van der Waals surface area contributed by atoms with Gasteiger partial charge in [0.05, 0.1) is 12.2 Å². The van der Waals surface area contributed by atoms with E-state index in [4.69, 9.17) is 5.26 Å². The molecule has 108 valence electrons. The van der Waals surface area contributed by atoms with Crippen LogP contribution in [0.1, 0.15) is 34.8 Å². The lowest BCUT2D eigenvalue weighted by molar-refractivity contribution is -0.0504. The Kier molecular flexibility index (Phi) is 5.32. The first-order valence-corrected chi connectivity index (χ1v) is 5.39. The summed E-state index contributed by atoms with van der Waals surface area (Å²) in [5.41, 5.74) is -2.22. The van der Waals surface area contributed by atoms with E-state index in [1.807, 2.05) is 0 Å². The summed E-state index contributed by atoms with van der Waals surface area (Å²) in [6.07, 6.45) is -3.04. The molecule has 0 N–H and O–H groups in total. The normalized spacial score (nSPS) is 10.5. The van der Waals surface area contributed by atoms with E-state index in [-0.39, 0.29) is 6.61 Å². The van der Waals surface area contributed by atoms with Crippen molar-refractivity contribution in [3.63, 3.8) is 0 Å². The third-order valence-electron chi connectivity index (χ3n) is 2.24. The fraction of sp³-hybridized carbons (Fsp3) is 0.333. The summed E-state index contributed by atoms with van der Waals surface area (Å²) < 4.78 is 58.6. The van der Waals surface area contributed by atoms with E-state index in [0.717, 1.165) is 12.1 Å². The monoisotopic (exact) mass is 291 g/mol. The Hall–Kier alpha value is -2.30. The fourth-order valence-corrected chi connectivity index (χ4v) is 1.50. The molecule has 1 rings (SSSR count). The van der Waals surface area contributed by atoms with Gasteiger partial charge in [0.25, 0.3) is 6.43 Å². The van der Waals surface area contributed by atoms with E-state index < -0.39 is 41.4 Å². The molecule has 1 aromatic rings. The second-order valence-corrected chi connectivity index (χ2v) is 3.41. The number of nitrogens with zero attached hydrogens (tertiary/aromatic N) is 1. The molecule has 0 saturated carbocycles. The standard InChI is InChI=1S/C12H9F4NO3/c1-2-19-11(18)9-7(5-17)6(10(13)14)3-4-8(9)20-12(15)16/h3-4,10,12H,2H2,1H3. The van der Waals surface area contributed by atoms with Crippen LogP contribution in [0.25, 0.3) is 0 Å². The molecule has 0 aliphatic heterocycles. The van der Waals surface area contributed by atoms with Crippen molar-refractivity contribution in [2.45, 2.75) is 20.0 Å². The second kappa shape index (κ2) is 6.75. The number of halogens is 4. The number of carbonyl (C=O) groups excluding carboxylic acids is 1. The maximum atomic E-state index is 12.7. The second-order valence-electron chi connectivity index (χ2n) is 3.41. The summed E-state index contributed by atoms with van der Waals surface area (Å²) in [5, 5.41) is 8.89. The summed E-state index contributed by atoms with van der Waals surface area (Å²) in [7, 11) is 0. The highest BCUT2D eigenvalue weighted by Gasteiger charge is 2.26. The Labute approximate surface area is 111 Å². The lowest BCUT2D eigenvalue weighted by atomic mass is 10.0. The lowest BCUT2D eigenvalue weighted by Gasteiger charge is -2.13. The van der Waals surface area contributed by atoms with Crippen molar-refractivity contribution in [1.82, 2.24) is 0 Å². The molecule has 0 spiro atoms. The fourth-order valence-electron chi connectivity index (χ4n) is 1.50. The zero-order chi connectivity index (χ0) is 15.3. The molecule has 0 aromatic heterocycles. The van der Waals surface area contributed by atoms with Gasteiger partial charge in [-0.05, 0) is 19.1 Å². The van der Waals surface area contributed by atoms with Crippen LogP contribution in [0.15, 0.2) is 12.1 Å². The van der Waals surface area contributed by atoms with Gasteiger partial charge in [0.15, 0.2) is 0 Å². The Morgan fingerprint density at radius 1 is 1.35 bits per heavy atom. The molecular weight excluding hydrogens is 282 g/mol. The van der Waals surface area contributed by atoms with Gasteiger partial charge >= 0.3 is 12.6 Å². The summed E-state index contributed by atoms with van der Waals surface area (Å²) in [6.45, 7) is -1.95. The third kappa shape index (κ3) is 3.38. The molecule has 0 heterocycles. The number of carbonyl (C=O) groups is 1. The minimum Gasteiger partial charge on any atom is -0.462 e. The van der Waals surface area contributed by atoms with E-state index in [1.165, 1.54) is 13.0 Å². The zero-order valence-corrected chi connectivity index (χ0v) is 10.2. The van der Waals surface area contributed by atoms with Gasteiger partial charge in [-0.1, -0.05) is 0 Å². The topological polar surface area (TPSA) is 59.3 Å². The smallest absolute Gasteiger partial charge is 0.387 e. The van der Waals surface area contributed by atoms with Crippen molar-refractivity contribution in [3.05, 3.63) is 28.8 Å². The minimum absolute atomic E-state index is 0.114. The molecule has 1 aromatic carbocycles. The summed E-state index contributed by atoms with van der Waals surface area (Å²) in [4.78, 5) is 11.7. The lowest BCUT2D eigenvalue weighted by Crippen LogP contribution is -2.14. The van der Waals surface area contributed by atoms with Gasteiger partial charge in [0.2, 0.25) is 0 Å². The molecule has 0 aliphatic rings. The van der Waals surface area contributed by atoms with Crippen LogP contribution in [-0.4, -0.2) is 19.2 Å². The highest BCUT2D eigenvalue weighted by molar-refractivity contribution is 5.95. The van der Waals surface area contributed by atoms with E-state index in [9.17, 15) is 22.4 Å². The van der Waals surface area contributed by atoms with Crippen LogP contribution < -0.4 is 4.74 Å². The van der Waals surface area contributed by atoms with Crippen LogP contribution >= 0.6 is 0 Å². The molecule has 20 heavy (non-hydrogen) atoms. The van der Waals surface area contributed by atoms with Crippen molar-refractivity contribution < 1.29 is 31.8 Å². The molecule has 0 amide bonds. The largest absolute Gasteiger partial charge is 0.462 e. The third-order valence-corrected chi connectivity index (χ3v) is 2.24. The number of hydrogen-bond acceptors (Lipinski definition) is 4. The maximum Gasteiger partial charge on any atom is 0.387 e. The number of rotatable bonds is 5. The van der Waals surface area contributed by atoms with Crippen molar-refractivity contribution in [2.75, 3.05) is 6.61 Å². The average molecular weight is 291 g/mol. The van der Waals surface area contributed by atoms with Crippen molar-refractivity contribution in [2.24, 2.45) is 0 Å². The molecule has 4 nitrogen and oxygen atoms in total. The van der Waals surface area contributed by atoms with Crippen molar-refractivity contribution in [3.8, 4) is 11.8 Å². The molecule has 0 fully saturated rings. The minimum atomic E-state index is -3.27. The number of alkyl halides is 4. The quantitative estimate of drug-likeness (QED) is 0.617. The van der Waals surface area contributed by atoms with Gasteiger partial charge in [-0.3, -0.25) is 0 Å². The molecule has 0 aliphatic carbocycles. The maximum absolute atomic E-state index is 12.7. The van der Waals surface area contributed by atoms with Crippen LogP contribution in [0, 0.1) is 11.3 Å². The van der Waals surface area contributed by atoms with Gasteiger partial charge in [0.1, 0.15) is 17.4 Å². The Morgan fingerprint density at radius 2 is 2.00 bits per heavy atom. The molecule has 0 bridgehead atoms. The van der Waals surface area contributed by atoms with Gasteiger partial charge in [-0.25, -0.2) is 13.6 Å². The van der Waals surface area contributed by atoms with Crippen LogP contribution in [0.3, 0.4) is 0 Å². The van der Waals surface area contributed by atoms with Gasteiger partial charge in [-0.15, -0.1) is 0 Å².